The zero-order chi connectivity index (χ0) is 15.9. The fourth-order valence-electron chi connectivity index (χ4n) is 2.29. The van der Waals surface area contributed by atoms with E-state index >= 15 is 0 Å². The number of anilines is 2. The molecule has 2 rings (SSSR count). The van der Waals surface area contributed by atoms with Crippen LogP contribution >= 0.6 is 0 Å². The molecule has 1 amide bonds. The summed E-state index contributed by atoms with van der Waals surface area (Å²) in [5, 5.41) is 2.89. The van der Waals surface area contributed by atoms with Crippen LogP contribution in [0.2, 0.25) is 0 Å². The van der Waals surface area contributed by atoms with E-state index < -0.39 is 0 Å². The number of carbonyl (C=O) groups is 1. The zero-order valence-electron chi connectivity index (χ0n) is 13.5. The lowest BCUT2D eigenvalue weighted by Crippen LogP contribution is -2.23. The largest absolute Gasteiger partial charge is 0.357 e. The van der Waals surface area contributed by atoms with Crippen molar-refractivity contribution in [2.75, 3.05) is 23.3 Å². The number of aromatic nitrogens is 1. The van der Waals surface area contributed by atoms with E-state index in [-0.39, 0.29) is 5.91 Å². The van der Waals surface area contributed by atoms with E-state index in [9.17, 15) is 4.79 Å². The van der Waals surface area contributed by atoms with Crippen molar-refractivity contribution in [1.29, 1.82) is 0 Å². The number of amides is 1. The summed E-state index contributed by atoms with van der Waals surface area (Å²) in [5.41, 5.74) is 2.93. The minimum absolute atomic E-state index is 0.0266. The van der Waals surface area contributed by atoms with Gasteiger partial charge >= 0.3 is 0 Å². The number of nitrogens with zero attached hydrogens (tertiary/aromatic N) is 2. The number of aryl methyl sites for hydroxylation is 1. The molecule has 1 aromatic heterocycles. The van der Waals surface area contributed by atoms with Crippen LogP contribution in [0.25, 0.3) is 0 Å². The van der Waals surface area contributed by atoms with Crippen LogP contribution < -0.4 is 10.2 Å². The van der Waals surface area contributed by atoms with E-state index in [2.05, 4.69) is 29.0 Å². The van der Waals surface area contributed by atoms with Crippen LogP contribution in [0.1, 0.15) is 25.0 Å². The molecule has 0 fully saturated rings. The van der Waals surface area contributed by atoms with Crippen LogP contribution in [0.5, 0.6) is 0 Å². The second-order valence-electron chi connectivity index (χ2n) is 5.29. The number of rotatable bonds is 6. The van der Waals surface area contributed by atoms with Crippen LogP contribution in [0.15, 0.2) is 42.6 Å². The Hall–Kier alpha value is -2.36. The maximum Gasteiger partial charge on any atom is 0.228 e. The molecule has 116 valence electrons. The Bertz CT molecular complexity index is 601. The minimum atomic E-state index is -0.0266. The predicted molar refractivity (Wildman–Crippen MR) is 91.3 cm³/mol. The van der Waals surface area contributed by atoms with Gasteiger partial charge in [0.1, 0.15) is 5.82 Å². The highest BCUT2D eigenvalue weighted by atomic mass is 16.1. The first kappa shape index (κ1) is 16.0. The smallest absolute Gasteiger partial charge is 0.228 e. The summed E-state index contributed by atoms with van der Waals surface area (Å²) < 4.78 is 0. The molecule has 0 bridgehead atoms. The maximum absolute atomic E-state index is 12.0. The molecule has 0 saturated carbocycles. The highest BCUT2D eigenvalue weighted by Crippen LogP contribution is 2.14. The summed E-state index contributed by atoms with van der Waals surface area (Å²) in [4.78, 5) is 18.6. The van der Waals surface area contributed by atoms with Crippen LogP contribution in [0.4, 0.5) is 11.5 Å². The monoisotopic (exact) mass is 297 g/mol. The van der Waals surface area contributed by atoms with Crippen molar-refractivity contribution in [3.8, 4) is 0 Å². The van der Waals surface area contributed by atoms with E-state index in [0.717, 1.165) is 30.2 Å². The lowest BCUT2D eigenvalue weighted by molar-refractivity contribution is -0.115. The third-order valence-electron chi connectivity index (χ3n) is 3.60. The number of nitrogens with one attached hydrogen (secondary N) is 1. The molecule has 0 aliphatic heterocycles. The van der Waals surface area contributed by atoms with Gasteiger partial charge in [-0.1, -0.05) is 29.8 Å². The Balaban J connectivity index is 1.95. The topological polar surface area (TPSA) is 45.2 Å². The van der Waals surface area contributed by atoms with Crippen molar-refractivity contribution in [1.82, 2.24) is 4.98 Å². The van der Waals surface area contributed by atoms with Gasteiger partial charge in [0.15, 0.2) is 0 Å². The van der Waals surface area contributed by atoms with Crippen LogP contribution in [-0.4, -0.2) is 24.0 Å². The molecule has 1 aromatic carbocycles. The van der Waals surface area contributed by atoms with Gasteiger partial charge in [0, 0.05) is 13.1 Å². The average Bonchev–Trinajstić information content (AvgIpc) is 2.52. The standard InChI is InChI=1S/C18H23N3O/c1-4-21(5-2)17-11-10-16(13-19-17)20-18(22)12-15-8-6-14(3)7-9-15/h6-11,13H,4-5,12H2,1-3H3,(H,20,22). The molecular weight excluding hydrogens is 274 g/mol. The van der Waals surface area contributed by atoms with Gasteiger partial charge < -0.3 is 10.2 Å². The number of benzene rings is 1. The second-order valence-corrected chi connectivity index (χ2v) is 5.29. The molecule has 0 aliphatic rings. The molecule has 0 radical (unpaired) electrons. The quantitative estimate of drug-likeness (QED) is 0.888. The predicted octanol–water partition coefficient (Wildman–Crippen LogP) is 3.42. The Morgan fingerprint density at radius 3 is 2.32 bits per heavy atom. The van der Waals surface area contributed by atoms with Crippen LogP contribution in [-0.2, 0) is 11.2 Å². The summed E-state index contributed by atoms with van der Waals surface area (Å²) in [6, 6.07) is 11.8. The van der Waals surface area contributed by atoms with Crippen molar-refractivity contribution in [2.24, 2.45) is 0 Å². The van der Waals surface area contributed by atoms with Gasteiger partial charge in [0.25, 0.3) is 0 Å². The molecule has 0 unspecified atom stereocenters. The lowest BCUT2D eigenvalue weighted by Gasteiger charge is -2.19. The summed E-state index contributed by atoms with van der Waals surface area (Å²) in [5.74, 6) is 0.905. The second kappa shape index (κ2) is 7.59. The molecular formula is C18H23N3O. The van der Waals surface area contributed by atoms with Crippen molar-refractivity contribution in [2.45, 2.75) is 27.2 Å². The van der Waals surface area contributed by atoms with Crippen LogP contribution in [0, 0.1) is 6.92 Å². The van der Waals surface area contributed by atoms with Gasteiger partial charge in [-0.15, -0.1) is 0 Å². The van der Waals surface area contributed by atoms with E-state index in [0.29, 0.717) is 6.42 Å². The van der Waals surface area contributed by atoms with Crippen molar-refractivity contribution in [3.63, 3.8) is 0 Å². The average molecular weight is 297 g/mol. The molecule has 0 saturated heterocycles. The Kier molecular flexibility index (Phi) is 5.53. The van der Waals surface area contributed by atoms with Crippen LogP contribution in [0.3, 0.4) is 0 Å². The van der Waals surface area contributed by atoms with Gasteiger partial charge in [-0.25, -0.2) is 4.98 Å². The molecule has 0 atom stereocenters. The summed E-state index contributed by atoms with van der Waals surface area (Å²) >= 11 is 0. The van der Waals surface area contributed by atoms with Crippen molar-refractivity contribution < 1.29 is 4.79 Å². The van der Waals surface area contributed by atoms with Crippen molar-refractivity contribution >= 4 is 17.4 Å². The van der Waals surface area contributed by atoms with E-state index in [4.69, 9.17) is 0 Å². The molecule has 4 nitrogen and oxygen atoms in total. The van der Waals surface area contributed by atoms with Gasteiger partial charge in [-0.2, -0.15) is 0 Å². The first-order valence-corrected chi connectivity index (χ1v) is 7.68. The van der Waals surface area contributed by atoms with E-state index in [1.165, 1.54) is 5.56 Å². The number of hydrogen-bond donors (Lipinski definition) is 1. The lowest BCUT2D eigenvalue weighted by atomic mass is 10.1. The summed E-state index contributed by atoms with van der Waals surface area (Å²) in [7, 11) is 0. The normalized spacial score (nSPS) is 10.3. The molecule has 22 heavy (non-hydrogen) atoms. The Labute approximate surface area is 132 Å². The van der Waals surface area contributed by atoms with Gasteiger partial charge in [0.05, 0.1) is 18.3 Å². The molecule has 1 heterocycles. The number of hydrogen-bond acceptors (Lipinski definition) is 3. The molecule has 4 heteroatoms. The fraction of sp³-hybridized carbons (Fsp3) is 0.333. The van der Waals surface area contributed by atoms with Gasteiger partial charge in [-0.05, 0) is 38.5 Å². The zero-order valence-corrected chi connectivity index (χ0v) is 13.5. The maximum atomic E-state index is 12.0. The molecule has 2 aromatic rings. The van der Waals surface area contributed by atoms with E-state index in [1.54, 1.807) is 6.20 Å². The third-order valence-corrected chi connectivity index (χ3v) is 3.60. The Morgan fingerprint density at radius 1 is 1.09 bits per heavy atom. The minimum Gasteiger partial charge on any atom is -0.357 e. The Morgan fingerprint density at radius 2 is 1.77 bits per heavy atom. The van der Waals surface area contributed by atoms with Crippen molar-refractivity contribution in [3.05, 3.63) is 53.7 Å². The van der Waals surface area contributed by atoms with E-state index in [1.807, 2.05) is 43.3 Å². The molecule has 0 spiro atoms. The third kappa shape index (κ3) is 4.32. The summed E-state index contributed by atoms with van der Waals surface area (Å²) in [6.07, 6.45) is 2.08. The molecule has 1 N–H and O–H groups in total. The summed E-state index contributed by atoms with van der Waals surface area (Å²) in [6.45, 7) is 8.07. The number of carbonyl (C=O) groups excluding carboxylic acids is 1. The number of pyridine rings is 1. The molecule has 0 aliphatic carbocycles. The van der Waals surface area contributed by atoms with Gasteiger partial charge in [0.2, 0.25) is 5.91 Å². The fourth-order valence-corrected chi connectivity index (χ4v) is 2.29. The first-order valence-electron chi connectivity index (χ1n) is 7.68. The van der Waals surface area contributed by atoms with Gasteiger partial charge in [-0.3, -0.25) is 4.79 Å². The highest BCUT2D eigenvalue weighted by molar-refractivity contribution is 5.92. The SMILES string of the molecule is CCN(CC)c1ccc(NC(=O)Cc2ccc(C)cc2)cn1. The first-order chi connectivity index (χ1) is 10.6. The highest BCUT2D eigenvalue weighted by Gasteiger charge is 2.06.